The molecular formula is C20H24ClF3N2O3. The molecule has 160 valence electrons. The molecular weight excluding hydrogens is 409 g/mol. The van der Waals surface area contributed by atoms with E-state index in [1.165, 1.54) is 11.8 Å². The van der Waals surface area contributed by atoms with Gasteiger partial charge in [0, 0.05) is 12.1 Å². The molecule has 0 aliphatic carbocycles. The minimum atomic E-state index is -4.34. The van der Waals surface area contributed by atoms with Crippen LogP contribution in [0.5, 0.6) is 5.75 Å². The molecule has 1 aromatic carbocycles. The summed E-state index contributed by atoms with van der Waals surface area (Å²) in [6.45, 7) is 6.41. The van der Waals surface area contributed by atoms with Crippen LogP contribution >= 0.6 is 11.6 Å². The van der Waals surface area contributed by atoms with Crippen LogP contribution in [-0.4, -0.2) is 35.6 Å². The van der Waals surface area contributed by atoms with Crippen LogP contribution in [0.15, 0.2) is 18.2 Å². The van der Waals surface area contributed by atoms with Crippen molar-refractivity contribution in [3.05, 3.63) is 34.5 Å². The van der Waals surface area contributed by atoms with E-state index in [-0.39, 0.29) is 23.7 Å². The molecule has 0 atom stereocenters. The Morgan fingerprint density at radius 2 is 1.90 bits per heavy atom. The Balaban J connectivity index is 2.52. The molecule has 2 rings (SSSR count). The van der Waals surface area contributed by atoms with Crippen molar-refractivity contribution in [1.82, 2.24) is 9.78 Å². The lowest BCUT2D eigenvalue weighted by molar-refractivity contribution is -0.211. The third-order valence-corrected chi connectivity index (χ3v) is 4.96. The predicted octanol–water partition coefficient (Wildman–Crippen LogP) is 5.54. The van der Waals surface area contributed by atoms with E-state index in [0.29, 0.717) is 29.1 Å². The maximum atomic E-state index is 13.2. The molecule has 0 saturated carbocycles. The Bertz CT molecular complexity index is 892. The van der Waals surface area contributed by atoms with Crippen LogP contribution in [0.2, 0.25) is 5.02 Å². The summed E-state index contributed by atoms with van der Waals surface area (Å²) in [5.74, 6) is -0.305. The molecule has 2 aromatic rings. The van der Waals surface area contributed by atoms with E-state index in [9.17, 15) is 18.0 Å². The molecule has 0 saturated heterocycles. The summed E-state index contributed by atoms with van der Waals surface area (Å²) < 4.78 is 51.6. The Morgan fingerprint density at radius 1 is 1.24 bits per heavy atom. The minimum Gasteiger partial charge on any atom is -0.496 e. The molecule has 0 aliphatic rings. The summed E-state index contributed by atoms with van der Waals surface area (Å²) in [5, 5.41) is 4.32. The number of aryl methyl sites for hydroxylation is 1. The summed E-state index contributed by atoms with van der Waals surface area (Å²) >= 11 is 6.42. The van der Waals surface area contributed by atoms with Gasteiger partial charge in [-0.15, -0.1) is 0 Å². The van der Waals surface area contributed by atoms with E-state index in [1.807, 2.05) is 6.92 Å². The van der Waals surface area contributed by atoms with Gasteiger partial charge in [-0.05, 0) is 38.0 Å². The van der Waals surface area contributed by atoms with E-state index in [2.05, 4.69) is 5.10 Å². The average molecular weight is 433 g/mol. The van der Waals surface area contributed by atoms with Crippen molar-refractivity contribution < 1.29 is 27.4 Å². The van der Waals surface area contributed by atoms with Gasteiger partial charge in [-0.25, -0.2) is 4.79 Å². The number of rotatable bonds is 7. The molecule has 0 radical (unpaired) electrons. The van der Waals surface area contributed by atoms with Crippen LogP contribution in [0.1, 0.15) is 43.7 Å². The molecule has 0 spiro atoms. The lowest BCUT2D eigenvalue weighted by atomic mass is 9.84. The minimum absolute atomic E-state index is 0.0188. The average Bonchev–Trinajstić information content (AvgIpc) is 2.97. The van der Waals surface area contributed by atoms with Gasteiger partial charge in [0.05, 0.1) is 24.8 Å². The van der Waals surface area contributed by atoms with Gasteiger partial charge < -0.3 is 9.47 Å². The molecule has 9 heteroatoms. The van der Waals surface area contributed by atoms with Crippen LogP contribution in [0.4, 0.5) is 13.2 Å². The van der Waals surface area contributed by atoms with Gasteiger partial charge in [0.15, 0.2) is 5.69 Å². The molecule has 1 heterocycles. The van der Waals surface area contributed by atoms with Crippen LogP contribution in [0.3, 0.4) is 0 Å². The molecule has 0 bridgehead atoms. The smallest absolute Gasteiger partial charge is 0.394 e. The van der Waals surface area contributed by atoms with E-state index in [1.54, 1.807) is 25.1 Å². The third-order valence-electron chi connectivity index (χ3n) is 4.60. The van der Waals surface area contributed by atoms with Crippen LogP contribution in [0.25, 0.3) is 11.3 Å². The summed E-state index contributed by atoms with van der Waals surface area (Å²) in [7, 11) is 1.42. The normalized spacial score (nSPS) is 12.2. The largest absolute Gasteiger partial charge is 0.496 e. The Hall–Kier alpha value is -2.22. The van der Waals surface area contributed by atoms with Gasteiger partial charge in [0.2, 0.25) is 0 Å². The predicted molar refractivity (Wildman–Crippen MR) is 104 cm³/mol. The van der Waals surface area contributed by atoms with Crippen molar-refractivity contribution in [2.24, 2.45) is 5.41 Å². The lowest BCUT2D eigenvalue weighted by Gasteiger charge is -2.28. The second kappa shape index (κ2) is 8.65. The number of halogens is 4. The van der Waals surface area contributed by atoms with Gasteiger partial charge in [0.1, 0.15) is 10.8 Å². The SMILES string of the molecule is CCOC(=O)c1nn(CC)c(-c2ccc(CC(C)(C)C(F)(F)F)cc2OC)c1Cl. The first-order chi connectivity index (χ1) is 13.5. The van der Waals surface area contributed by atoms with E-state index in [4.69, 9.17) is 21.1 Å². The summed E-state index contributed by atoms with van der Waals surface area (Å²) in [4.78, 5) is 12.1. The maximum Gasteiger partial charge on any atom is 0.394 e. The van der Waals surface area contributed by atoms with E-state index >= 15 is 0 Å². The number of ether oxygens (including phenoxy) is 2. The molecule has 0 N–H and O–H groups in total. The summed E-state index contributed by atoms with van der Waals surface area (Å²) in [6.07, 6.45) is -4.54. The number of hydrogen-bond acceptors (Lipinski definition) is 4. The zero-order chi connectivity index (χ0) is 22.0. The number of alkyl halides is 3. The fourth-order valence-electron chi connectivity index (χ4n) is 2.91. The first-order valence-corrected chi connectivity index (χ1v) is 9.52. The number of nitrogens with zero attached hydrogens (tertiary/aromatic N) is 2. The zero-order valence-electron chi connectivity index (χ0n) is 17.0. The zero-order valence-corrected chi connectivity index (χ0v) is 17.7. The number of carbonyl (C=O) groups is 1. The van der Waals surface area contributed by atoms with Gasteiger partial charge in [-0.1, -0.05) is 31.5 Å². The standard InChI is InChI=1S/C20H24ClF3N2O3/c1-6-26-17(15(21)16(25-26)18(27)29-7-2)13-9-8-12(10-14(13)28-5)11-19(3,4)20(22,23)24/h8-10H,6-7,11H2,1-5H3. The third kappa shape index (κ3) is 4.69. The van der Waals surface area contributed by atoms with Crippen molar-refractivity contribution in [2.75, 3.05) is 13.7 Å². The second-order valence-electron chi connectivity index (χ2n) is 7.14. The first-order valence-electron chi connectivity index (χ1n) is 9.14. The second-order valence-corrected chi connectivity index (χ2v) is 7.52. The highest BCUT2D eigenvalue weighted by molar-refractivity contribution is 6.36. The molecule has 5 nitrogen and oxygen atoms in total. The highest BCUT2D eigenvalue weighted by atomic mass is 35.5. The van der Waals surface area contributed by atoms with E-state index < -0.39 is 17.6 Å². The molecule has 0 fully saturated rings. The van der Waals surface area contributed by atoms with E-state index in [0.717, 1.165) is 13.8 Å². The highest BCUT2D eigenvalue weighted by Gasteiger charge is 2.47. The fourth-order valence-corrected chi connectivity index (χ4v) is 3.22. The molecule has 0 aliphatic heterocycles. The topological polar surface area (TPSA) is 53.3 Å². The molecule has 0 unspecified atom stereocenters. The lowest BCUT2D eigenvalue weighted by Crippen LogP contribution is -2.34. The van der Waals surface area contributed by atoms with Crippen molar-refractivity contribution in [1.29, 1.82) is 0 Å². The van der Waals surface area contributed by atoms with Crippen molar-refractivity contribution in [3.63, 3.8) is 0 Å². The van der Waals surface area contributed by atoms with Crippen LogP contribution < -0.4 is 4.74 Å². The summed E-state index contributed by atoms with van der Waals surface area (Å²) in [6, 6.07) is 4.78. The van der Waals surface area contributed by atoms with Crippen molar-refractivity contribution in [2.45, 2.75) is 46.8 Å². The summed E-state index contributed by atoms with van der Waals surface area (Å²) in [5.41, 5.74) is -0.474. The van der Waals surface area contributed by atoms with Crippen LogP contribution in [-0.2, 0) is 17.7 Å². The highest BCUT2D eigenvalue weighted by Crippen LogP contribution is 2.42. The number of esters is 1. The van der Waals surface area contributed by atoms with Gasteiger partial charge in [-0.3, -0.25) is 4.68 Å². The van der Waals surface area contributed by atoms with Gasteiger partial charge in [-0.2, -0.15) is 18.3 Å². The molecule has 1 aromatic heterocycles. The fraction of sp³-hybridized carbons (Fsp3) is 0.500. The van der Waals surface area contributed by atoms with Gasteiger partial charge >= 0.3 is 12.1 Å². The monoisotopic (exact) mass is 432 g/mol. The van der Waals surface area contributed by atoms with Crippen molar-refractivity contribution >= 4 is 17.6 Å². The first kappa shape index (κ1) is 23.1. The maximum absolute atomic E-state index is 13.2. The number of benzene rings is 1. The van der Waals surface area contributed by atoms with Gasteiger partial charge in [0.25, 0.3) is 0 Å². The Kier molecular flexibility index (Phi) is 6.88. The Morgan fingerprint density at radius 3 is 2.41 bits per heavy atom. The van der Waals surface area contributed by atoms with Crippen molar-refractivity contribution in [3.8, 4) is 17.0 Å². The molecule has 0 amide bonds. The number of hydrogen-bond donors (Lipinski definition) is 0. The number of carbonyl (C=O) groups excluding carboxylic acids is 1. The Labute approximate surface area is 172 Å². The quantitative estimate of drug-likeness (QED) is 0.539. The number of methoxy groups -OCH3 is 1. The number of aromatic nitrogens is 2. The van der Waals surface area contributed by atoms with Crippen LogP contribution in [0, 0.1) is 5.41 Å². The molecule has 29 heavy (non-hydrogen) atoms.